The van der Waals surface area contributed by atoms with E-state index in [-0.39, 0.29) is 43.8 Å². The normalized spacial score (nSPS) is 25.0. The van der Waals surface area contributed by atoms with Crippen LogP contribution < -0.4 is 5.32 Å². The van der Waals surface area contributed by atoms with Gasteiger partial charge >= 0.3 is 6.18 Å². The first-order chi connectivity index (χ1) is 10.5. The van der Waals surface area contributed by atoms with Gasteiger partial charge in [-0.2, -0.15) is 18.3 Å². The van der Waals surface area contributed by atoms with Crippen molar-refractivity contribution in [3.63, 3.8) is 0 Å². The van der Waals surface area contributed by atoms with E-state index in [0.717, 1.165) is 18.5 Å². The highest BCUT2D eigenvalue weighted by molar-refractivity contribution is 5.85. The molecule has 1 aromatic heterocycles. The van der Waals surface area contributed by atoms with Gasteiger partial charge in [0.25, 0.3) is 0 Å². The number of aromatic nitrogens is 2. The summed E-state index contributed by atoms with van der Waals surface area (Å²) in [5, 5.41) is 9.53. The number of aromatic amines is 1. The molecule has 138 valence electrons. The smallest absolute Gasteiger partial charge is 0.342 e. The molecule has 2 N–H and O–H groups in total. The van der Waals surface area contributed by atoms with E-state index >= 15 is 0 Å². The number of halogens is 5. The molecule has 1 aromatic rings. The third-order valence-electron chi connectivity index (χ3n) is 4.72. The van der Waals surface area contributed by atoms with E-state index < -0.39 is 18.0 Å². The molecule has 0 aromatic carbocycles. The van der Waals surface area contributed by atoms with Gasteiger partial charge in [0.2, 0.25) is 5.91 Å². The van der Waals surface area contributed by atoms with Gasteiger partial charge in [-0.1, -0.05) is 0 Å². The second-order valence-corrected chi connectivity index (χ2v) is 6.02. The Labute approximate surface area is 150 Å². The largest absolute Gasteiger partial charge is 0.393 e. The number of piperidine rings is 1. The summed E-state index contributed by atoms with van der Waals surface area (Å²) in [4.78, 5) is 14.0. The lowest BCUT2D eigenvalue weighted by molar-refractivity contribution is -0.185. The molecule has 1 amide bonds. The van der Waals surface area contributed by atoms with E-state index in [0.29, 0.717) is 19.0 Å². The highest BCUT2D eigenvalue weighted by Gasteiger charge is 2.50. The predicted molar refractivity (Wildman–Crippen MR) is 87.5 cm³/mol. The van der Waals surface area contributed by atoms with E-state index in [4.69, 9.17) is 0 Å². The van der Waals surface area contributed by atoms with Crippen molar-refractivity contribution in [3.05, 3.63) is 18.0 Å². The minimum atomic E-state index is -4.32. The van der Waals surface area contributed by atoms with Crippen LogP contribution in [-0.2, 0) is 4.79 Å². The zero-order valence-corrected chi connectivity index (χ0v) is 14.5. The first-order valence-electron chi connectivity index (χ1n) is 7.52. The van der Waals surface area contributed by atoms with Crippen molar-refractivity contribution in [2.75, 3.05) is 26.2 Å². The number of hydrogen-bond donors (Lipinski definition) is 2. The van der Waals surface area contributed by atoms with Gasteiger partial charge in [0, 0.05) is 44.0 Å². The lowest BCUT2D eigenvalue weighted by atomic mass is 9.90. The molecule has 3 rings (SSSR count). The SMILES string of the molecule is Cl.Cl.O=C([C@@H]1CNC[C@H]1C(F)(F)F)N1CCC(c2ccn[nH]2)CC1. The lowest BCUT2D eigenvalue weighted by Crippen LogP contribution is -2.45. The molecule has 10 heteroatoms. The Morgan fingerprint density at radius 1 is 1.21 bits per heavy atom. The maximum absolute atomic E-state index is 13.0. The van der Waals surface area contributed by atoms with Crippen LogP contribution >= 0.6 is 24.8 Å². The number of carbonyl (C=O) groups excluding carboxylic acids is 1. The van der Waals surface area contributed by atoms with Crippen molar-refractivity contribution in [2.45, 2.75) is 24.9 Å². The van der Waals surface area contributed by atoms with Gasteiger partial charge in [-0.25, -0.2) is 0 Å². The van der Waals surface area contributed by atoms with Crippen molar-refractivity contribution in [3.8, 4) is 0 Å². The average Bonchev–Trinajstić information content (AvgIpc) is 3.17. The molecule has 5 nitrogen and oxygen atoms in total. The Morgan fingerprint density at radius 2 is 1.88 bits per heavy atom. The topological polar surface area (TPSA) is 61.0 Å². The van der Waals surface area contributed by atoms with Crippen LogP contribution in [0, 0.1) is 11.8 Å². The molecular weight excluding hydrogens is 368 g/mol. The predicted octanol–water partition coefficient (Wildman–Crippen LogP) is 2.36. The fraction of sp³-hybridized carbons (Fsp3) is 0.714. The Balaban J connectivity index is 0.00000144. The molecule has 0 radical (unpaired) electrons. The van der Waals surface area contributed by atoms with Crippen LogP contribution in [-0.4, -0.2) is 53.4 Å². The molecule has 2 saturated heterocycles. The zero-order valence-electron chi connectivity index (χ0n) is 12.9. The molecule has 0 spiro atoms. The number of carbonyl (C=O) groups is 1. The fourth-order valence-corrected chi connectivity index (χ4v) is 3.42. The maximum Gasteiger partial charge on any atom is 0.393 e. The van der Waals surface area contributed by atoms with Crippen LogP contribution in [0.25, 0.3) is 0 Å². The minimum absolute atomic E-state index is 0. The van der Waals surface area contributed by atoms with Crippen LogP contribution in [0.5, 0.6) is 0 Å². The van der Waals surface area contributed by atoms with Gasteiger partial charge in [-0.3, -0.25) is 9.89 Å². The number of nitrogens with zero attached hydrogens (tertiary/aromatic N) is 2. The molecule has 2 aliphatic rings. The van der Waals surface area contributed by atoms with E-state index in [2.05, 4.69) is 15.5 Å². The monoisotopic (exact) mass is 388 g/mol. The van der Waals surface area contributed by atoms with E-state index in [9.17, 15) is 18.0 Å². The van der Waals surface area contributed by atoms with E-state index in [1.165, 1.54) is 0 Å². The summed E-state index contributed by atoms with van der Waals surface area (Å²) in [6.45, 7) is 0.960. The molecule has 2 atom stereocenters. The highest BCUT2D eigenvalue weighted by Crippen LogP contribution is 2.36. The average molecular weight is 389 g/mol. The summed E-state index contributed by atoms with van der Waals surface area (Å²) in [5.41, 5.74) is 1.03. The summed E-state index contributed by atoms with van der Waals surface area (Å²) in [6.07, 6.45) is -1.13. The number of amides is 1. The first kappa shape index (κ1) is 21.1. The molecule has 0 bridgehead atoms. The summed E-state index contributed by atoms with van der Waals surface area (Å²) < 4.78 is 38.9. The number of rotatable bonds is 2. The molecule has 0 saturated carbocycles. The number of likely N-dealkylation sites (tertiary alicyclic amines) is 1. The maximum atomic E-state index is 13.0. The molecule has 0 unspecified atom stereocenters. The van der Waals surface area contributed by atoms with Gasteiger partial charge in [0.05, 0.1) is 11.8 Å². The Kier molecular flexibility index (Phi) is 7.37. The van der Waals surface area contributed by atoms with Gasteiger partial charge in [-0.15, -0.1) is 24.8 Å². The van der Waals surface area contributed by atoms with Crippen LogP contribution in [0.15, 0.2) is 12.3 Å². The summed E-state index contributed by atoms with van der Waals surface area (Å²) in [7, 11) is 0. The highest BCUT2D eigenvalue weighted by atomic mass is 35.5. The van der Waals surface area contributed by atoms with Crippen molar-refractivity contribution in [2.24, 2.45) is 11.8 Å². The third-order valence-corrected chi connectivity index (χ3v) is 4.72. The second kappa shape index (κ2) is 8.40. The van der Waals surface area contributed by atoms with Crippen molar-refractivity contribution in [1.82, 2.24) is 20.4 Å². The second-order valence-electron chi connectivity index (χ2n) is 6.02. The first-order valence-corrected chi connectivity index (χ1v) is 7.52. The van der Waals surface area contributed by atoms with Crippen molar-refractivity contribution >= 4 is 30.7 Å². The van der Waals surface area contributed by atoms with Gasteiger partial charge < -0.3 is 10.2 Å². The van der Waals surface area contributed by atoms with E-state index in [1.807, 2.05) is 6.07 Å². The minimum Gasteiger partial charge on any atom is -0.342 e. The molecule has 24 heavy (non-hydrogen) atoms. The molecular formula is C14H21Cl2F3N4O. The fourth-order valence-electron chi connectivity index (χ4n) is 3.42. The van der Waals surface area contributed by atoms with Crippen LogP contribution in [0.3, 0.4) is 0 Å². The molecule has 0 aliphatic carbocycles. The molecule has 2 fully saturated rings. The number of hydrogen-bond acceptors (Lipinski definition) is 3. The number of alkyl halides is 3. The summed E-state index contributed by atoms with van der Waals surface area (Å²) in [6, 6.07) is 1.91. The lowest BCUT2D eigenvalue weighted by Gasteiger charge is -2.34. The van der Waals surface area contributed by atoms with Gasteiger partial charge in [0.15, 0.2) is 0 Å². The van der Waals surface area contributed by atoms with Crippen LogP contribution in [0.1, 0.15) is 24.5 Å². The van der Waals surface area contributed by atoms with Crippen LogP contribution in [0.4, 0.5) is 13.2 Å². The standard InChI is InChI=1S/C14H19F3N4O.2ClH/c15-14(16,17)11-8-18-7-10(11)13(22)21-5-2-9(3-6-21)12-1-4-19-20-12;;/h1,4,9-11,18H,2-3,5-8H2,(H,19,20);2*1H/t10-,11-;;/m1../s1. The van der Waals surface area contributed by atoms with Crippen molar-refractivity contribution < 1.29 is 18.0 Å². The zero-order chi connectivity index (χ0) is 15.7. The Morgan fingerprint density at radius 3 is 2.42 bits per heavy atom. The summed E-state index contributed by atoms with van der Waals surface area (Å²) in [5.74, 6) is -2.61. The summed E-state index contributed by atoms with van der Waals surface area (Å²) >= 11 is 0. The number of nitrogens with one attached hydrogen (secondary N) is 2. The molecule has 3 heterocycles. The molecule has 2 aliphatic heterocycles. The van der Waals surface area contributed by atoms with Crippen molar-refractivity contribution in [1.29, 1.82) is 0 Å². The number of H-pyrrole nitrogens is 1. The Hall–Kier alpha value is -0.990. The van der Waals surface area contributed by atoms with Crippen LogP contribution in [0.2, 0.25) is 0 Å². The van der Waals surface area contributed by atoms with Gasteiger partial charge in [0.1, 0.15) is 0 Å². The van der Waals surface area contributed by atoms with E-state index in [1.54, 1.807) is 11.1 Å². The quantitative estimate of drug-likeness (QED) is 0.817. The Bertz CT molecular complexity index is 519. The van der Waals surface area contributed by atoms with Gasteiger partial charge in [-0.05, 0) is 18.9 Å². The third kappa shape index (κ3) is 4.34.